The third kappa shape index (κ3) is 4.14. The molecule has 0 spiro atoms. The normalized spacial score (nSPS) is 16.6. The van der Waals surface area contributed by atoms with Gasteiger partial charge >= 0.3 is 0 Å². The summed E-state index contributed by atoms with van der Waals surface area (Å²) < 4.78 is 1.84. The summed E-state index contributed by atoms with van der Waals surface area (Å²) >= 11 is 1.42. The molecule has 0 radical (unpaired) electrons. The summed E-state index contributed by atoms with van der Waals surface area (Å²) in [4.78, 5) is 12.6. The van der Waals surface area contributed by atoms with Gasteiger partial charge in [0.25, 0.3) is 0 Å². The lowest BCUT2D eigenvalue weighted by Crippen LogP contribution is -2.34. The Morgan fingerprint density at radius 1 is 1.38 bits per heavy atom. The van der Waals surface area contributed by atoms with Crippen LogP contribution in [0.15, 0.2) is 35.5 Å². The van der Waals surface area contributed by atoms with E-state index in [9.17, 15) is 4.79 Å². The zero-order valence-electron chi connectivity index (χ0n) is 14.1. The number of rotatable bonds is 8. The van der Waals surface area contributed by atoms with Gasteiger partial charge in [-0.05, 0) is 42.2 Å². The van der Waals surface area contributed by atoms with Gasteiger partial charge in [0, 0.05) is 0 Å². The number of hydrogen-bond acceptors (Lipinski definition) is 5. The highest BCUT2D eigenvalue weighted by Crippen LogP contribution is 2.37. The molecule has 0 aliphatic heterocycles. The number of nitrogens with zero attached hydrogens (tertiary/aromatic N) is 4. The Labute approximate surface area is 146 Å². The van der Waals surface area contributed by atoms with Crippen LogP contribution < -0.4 is 5.32 Å². The Kier molecular flexibility index (Phi) is 5.50. The van der Waals surface area contributed by atoms with E-state index in [1.54, 1.807) is 0 Å². The maximum atomic E-state index is 12.6. The molecule has 3 rings (SSSR count). The van der Waals surface area contributed by atoms with Crippen molar-refractivity contribution in [2.24, 2.45) is 0 Å². The fourth-order valence-electron chi connectivity index (χ4n) is 2.61. The van der Waals surface area contributed by atoms with Gasteiger partial charge in [-0.1, -0.05) is 55.4 Å². The molecule has 0 saturated heterocycles. The summed E-state index contributed by atoms with van der Waals surface area (Å²) in [6, 6.07) is 10.6. The molecule has 2 aromatic rings. The lowest BCUT2D eigenvalue weighted by Gasteiger charge is -2.20. The van der Waals surface area contributed by atoms with Gasteiger partial charge in [-0.2, -0.15) is 0 Å². The highest BCUT2D eigenvalue weighted by molar-refractivity contribution is 8.00. The van der Waals surface area contributed by atoms with Crippen LogP contribution in [0.4, 0.5) is 0 Å². The van der Waals surface area contributed by atoms with Gasteiger partial charge in [0.1, 0.15) is 0 Å². The fourth-order valence-corrected chi connectivity index (χ4v) is 3.48. The van der Waals surface area contributed by atoms with Crippen LogP contribution in [0.5, 0.6) is 0 Å². The van der Waals surface area contributed by atoms with Crippen molar-refractivity contribution in [1.29, 1.82) is 0 Å². The van der Waals surface area contributed by atoms with Gasteiger partial charge in [0.15, 0.2) is 0 Å². The second-order valence-electron chi connectivity index (χ2n) is 6.16. The highest BCUT2D eigenvalue weighted by Gasteiger charge is 2.29. The maximum Gasteiger partial charge on any atom is 0.233 e. The largest absolute Gasteiger partial charge is 0.348 e. The number of thioether (sulfide) groups is 1. The molecular weight excluding hydrogens is 322 g/mol. The van der Waals surface area contributed by atoms with Gasteiger partial charge in [0.2, 0.25) is 11.1 Å². The Morgan fingerprint density at radius 2 is 2.12 bits per heavy atom. The first-order valence-electron chi connectivity index (χ1n) is 8.49. The molecule has 2 atom stereocenters. The quantitative estimate of drug-likeness (QED) is 0.744. The molecule has 128 valence electrons. The van der Waals surface area contributed by atoms with Crippen LogP contribution in [0.25, 0.3) is 0 Å². The number of nitrogens with one attached hydrogen (secondary N) is 1. The van der Waals surface area contributed by atoms with Crippen molar-refractivity contribution < 1.29 is 4.79 Å². The van der Waals surface area contributed by atoms with Crippen LogP contribution >= 0.6 is 11.8 Å². The number of carbonyl (C=O) groups is 1. The smallest absolute Gasteiger partial charge is 0.233 e. The average Bonchev–Trinajstić information content (AvgIpc) is 3.34. The van der Waals surface area contributed by atoms with Crippen LogP contribution in [0.2, 0.25) is 0 Å². The van der Waals surface area contributed by atoms with Crippen molar-refractivity contribution in [2.45, 2.75) is 62.0 Å². The summed E-state index contributed by atoms with van der Waals surface area (Å²) in [5.74, 6) is 0.0210. The van der Waals surface area contributed by atoms with E-state index in [1.165, 1.54) is 11.8 Å². The Balaban J connectivity index is 1.62. The van der Waals surface area contributed by atoms with Crippen molar-refractivity contribution in [3.63, 3.8) is 0 Å². The first kappa shape index (κ1) is 17.0. The first-order valence-corrected chi connectivity index (χ1v) is 9.36. The Bertz CT molecular complexity index is 671. The van der Waals surface area contributed by atoms with Gasteiger partial charge < -0.3 is 5.32 Å². The predicted octanol–water partition coefficient (Wildman–Crippen LogP) is 3.15. The van der Waals surface area contributed by atoms with Gasteiger partial charge in [-0.15, -0.1) is 5.10 Å². The topological polar surface area (TPSA) is 72.7 Å². The molecule has 1 aromatic heterocycles. The van der Waals surface area contributed by atoms with E-state index >= 15 is 0 Å². The van der Waals surface area contributed by atoms with Crippen molar-refractivity contribution in [3.05, 3.63) is 35.9 Å². The van der Waals surface area contributed by atoms with Crippen LogP contribution in [0.1, 0.15) is 57.2 Å². The van der Waals surface area contributed by atoms with Gasteiger partial charge in [-0.3, -0.25) is 4.79 Å². The minimum atomic E-state index is -0.239. The molecule has 1 amide bonds. The van der Waals surface area contributed by atoms with E-state index in [-0.39, 0.29) is 17.2 Å². The second-order valence-corrected chi connectivity index (χ2v) is 7.47. The molecule has 1 N–H and O–H groups in total. The number of hydrogen-bond donors (Lipinski definition) is 1. The molecule has 1 fully saturated rings. The zero-order chi connectivity index (χ0) is 16.9. The molecule has 0 unspecified atom stereocenters. The predicted molar refractivity (Wildman–Crippen MR) is 93.6 cm³/mol. The number of tetrazole rings is 1. The van der Waals surface area contributed by atoms with E-state index in [0.29, 0.717) is 6.04 Å². The molecule has 7 heteroatoms. The molecule has 0 bridgehead atoms. The zero-order valence-corrected chi connectivity index (χ0v) is 14.9. The molecule has 1 aromatic carbocycles. The first-order chi connectivity index (χ1) is 11.7. The summed E-state index contributed by atoms with van der Waals surface area (Å²) in [6.45, 7) is 4.03. The molecule has 6 nitrogen and oxygen atoms in total. The van der Waals surface area contributed by atoms with E-state index < -0.39 is 0 Å². The monoisotopic (exact) mass is 345 g/mol. The lowest BCUT2D eigenvalue weighted by atomic mass is 10.0. The van der Waals surface area contributed by atoms with Crippen LogP contribution in [-0.2, 0) is 4.79 Å². The number of aromatic nitrogens is 4. The molecule has 1 heterocycles. The van der Waals surface area contributed by atoms with Crippen molar-refractivity contribution in [2.75, 3.05) is 0 Å². The average molecular weight is 345 g/mol. The lowest BCUT2D eigenvalue weighted by molar-refractivity contribution is -0.121. The second kappa shape index (κ2) is 7.79. The summed E-state index contributed by atoms with van der Waals surface area (Å²) in [5, 5.41) is 15.5. The summed E-state index contributed by atoms with van der Waals surface area (Å²) in [7, 11) is 0. The van der Waals surface area contributed by atoms with E-state index in [4.69, 9.17) is 0 Å². The molecule has 1 aliphatic rings. The summed E-state index contributed by atoms with van der Waals surface area (Å²) in [6.07, 6.45) is 4.17. The van der Waals surface area contributed by atoms with Crippen molar-refractivity contribution in [3.8, 4) is 0 Å². The SMILES string of the molecule is CCC[C@H](NC(=O)[C@H](C)Sc1nnnn1C1CC1)c1ccccc1. The van der Waals surface area contributed by atoms with Crippen LogP contribution in [-0.4, -0.2) is 31.4 Å². The van der Waals surface area contributed by atoms with Gasteiger partial charge in [0.05, 0.1) is 17.3 Å². The Hall–Kier alpha value is -1.89. The van der Waals surface area contributed by atoms with Gasteiger partial charge in [-0.25, -0.2) is 4.68 Å². The molecular formula is C17H23N5OS. The van der Waals surface area contributed by atoms with Crippen molar-refractivity contribution >= 4 is 17.7 Å². The molecule has 1 aliphatic carbocycles. The van der Waals surface area contributed by atoms with Crippen molar-refractivity contribution in [1.82, 2.24) is 25.5 Å². The number of benzene rings is 1. The minimum Gasteiger partial charge on any atom is -0.348 e. The summed E-state index contributed by atoms with van der Waals surface area (Å²) in [5.41, 5.74) is 1.15. The van der Waals surface area contributed by atoms with E-state index in [1.807, 2.05) is 29.8 Å². The third-order valence-corrected chi connectivity index (χ3v) is 5.15. The van der Waals surface area contributed by atoms with E-state index in [2.05, 4.69) is 39.9 Å². The number of amides is 1. The fraction of sp³-hybridized carbons (Fsp3) is 0.529. The van der Waals surface area contributed by atoms with Crippen LogP contribution in [0.3, 0.4) is 0 Å². The van der Waals surface area contributed by atoms with E-state index in [0.717, 1.165) is 36.4 Å². The highest BCUT2D eigenvalue weighted by atomic mass is 32.2. The molecule has 24 heavy (non-hydrogen) atoms. The maximum absolute atomic E-state index is 12.6. The third-order valence-electron chi connectivity index (χ3n) is 4.10. The minimum absolute atomic E-state index is 0.0210. The standard InChI is InChI=1S/C17H23N5OS/c1-3-7-15(13-8-5-4-6-9-13)18-16(23)12(2)24-17-19-20-21-22(17)14-10-11-14/h4-6,8-9,12,14-15H,3,7,10-11H2,1-2H3,(H,18,23)/t12-,15-/m0/s1. The van der Waals surface area contributed by atoms with Crippen LogP contribution in [0, 0.1) is 0 Å². The molecule has 1 saturated carbocycles. The Morgan fingerprint density at radius 3 is 2.79 bits per heavy atom. The number of carbonyl (C=O) groups excluding carboxylic acids is 1.